The lowest BCUT2D eigenvalue weighted by atomic mass is 10.2. The molecule has 12 heavy (non-hydrogen) atoms. The highest BCUT2D eigenvalue weighted by Gasteiger charge is 2.17. The van der Waals surface area contributed by atoms with Gasteiger partial charge in [0.2, 0.25) is 5.91 Å². The van der Waals surface area contributed by atoms with E-state index >= 15 is 0 Å². The molecule has 0 saturated heterocycles. The molecule has 0 bridgehead atoms. The van der Waals surface area contributed by atoms with Crippen LogP contribution in [0.3, 0.4) is 0 Å². The van der Waals surface area contributed by atoms with Crippen molar-refractivity contribution >= 4 is 5.91 Å². The molecule has 4 heteroatoms. The maximum Gasteiger partial charge on any atom is 0.236 e. The van der Waals surface area contributed by atoms with Crippen LogP contribution in [0.5, 0.6) is 0 Å². The van der Waals surface area contributed by atoms with E-state index in [4.69, 9.17) is 5.11 Å². The van der Waals surface area contributed by atoms with Crippen LogP contribution in [0.25, 0.3) is 0 Å². The molecule has 0 aromatic carbocycles. The van der Waals surface area contributed by atoms with Crippen LogP contribution < -0.4 is 5.32 Å². The van der Waals surface area contributed by atoms with Crippen LogP contribution in [0.2, 0.25) is 0 Å². The molecule has 1 amide bonds. The zero-order valence-electron chi connectivity index (χ0n) is 8.16. The SMILES string of the molecule is CNC(=O)C(C)N(C)CC(C)O. The standard InChI is InChI=1S/C8H18N2O2/c1-6(11)5-10(4)7(2)8(12)9-3/h6-7,11H,5H2,1-4H3,(H,9,12). The average molecular weight is 174 g/mol. The molecule has 0 aromatic heterocycles. The van der Waals surface area contributed by atoms with Gasteiger partial charge in [0.05, 0.1) is 12.1 Å². The Morgan fingerprint density at radius 1 is 1.58 bits per heavy atom. The second-order valence-electron chi connectivity index (χ2n) is 3.08. The number of hydrogen-bond acceptors (Lipinski definition) is 3. The Morgan fingerprint density at radius 2 is 2.08 bits per heavy atom. The summed E-state index contributed by atoms with van der Waals surface area (Å²) in [7, 11) is 3.42. The average Bonchev–Trinajstić information content (AvgIpc) is 2.00. The van der Waals surface area contributed by atoms with Gasteiger partial charge in [-0.05, 0) is 20.9 Å². The number of aliphatic hydroxyl groups excluding tert-OH is 1. The molecule has 0 aliphatic heterocycles. The molecule has 0 heterocycles. The van der Waals surface area contributed by atoms with E-state index in [0.717, 1.165) is 0 Å². The van der Waals surface area contributed by atoms with Crippen molar-refractivity contribution in [3.05, 3.63) is 0 Å². The van der Waals surface area contributed by atoms with Gasteiger partial charge in [0.1, 0.15) is 0 Å². The second kappa shape index (κ2) is 5.11. The molecule has 72 valence electrons. The van der Waals surface area contributed by atoms with Crippen molar-refractivity contribution in [3.63, 3.8) is 0 Å². The van der Waals surface area contributed by atoms with E-state index in [1.807, 2.05) is 11.9 Å². The van der Waals surface area contributed by atoms with Crippen molar-refractivity contribution in [1.82, 2.24) is 10.2 Å². The van der Waals surface area contributed by atoms with Crippen molar-refractivity contribution in [3.8, 4) is 0 Å². The van der Waals surface area contributed by atoms with Crippen LogP contribution in [0, 0.1) is 0 Å². The highest BCUT2D eigenvalue weighted by atomic mass is 16.3. The monoisotopic (exact) mass is 174 g/mol. The van der Waals surface area contributed by atoms with Crippen LogP contribution in [0.4, 0.5) is 0 Å². The summed E-state index contributed by atoms with van der Waals surface area (Å²) < 4.78 is 0. The predicted octanol–water partition coefficient (Wildman–Crippen LogP) is -0.566. The summed E-state index contributed by atoms with van der Waals surface area (Å²) in [4.78, 5) is 12.9. The molecule has 0 aromatic rings. The lowest BCUT2D eigenvalue weighted by Gasteiger charge is -2.24. The molecule has 0 saturated carbocycles. The Labute approximate surface area is 73.6 Å². The summed E-state index contributed by atoms with van der Waals surface area (Å²) in [6, 6.07) is -0.190. The first-order chi connectivity index (χ1) is 5.49. The number of aliphatic hydroxyl groups is 1. The third-order valence-corrected chi connectivity index (χ3v) is 1.84. The Hall–Kier alpha value is -0.610. The van der Waals surface area contributed by atoms with Gasteiger partial charge in [-0.3, -0.25) is 9.69 Å². The summed E-state index contributed by atoms with van der Waals surface area (Å²) in [5.41, 5.74) is 0. The first-order valence-corrected chi connectivity index (χ1v) is 4.09. The van der Waals surface area contributed by atoms with Crippen molar-refractivity contribution in [2.45, 2.75) is 26.0 Å². The molecule has 0 aliphatic carbocycles. The Bertz CT molecular complexity index is 148. The van der Waals surface area contributed by atoms with Crippen molar-refractivity contribution in [2.75, 3.05) is 20.6 Å². The van der Waals surface area contributed by atoms with Crippen LogP contribution in [0.15, 0.2) is 0 Å². The summed E-state index contributed by atoms with van der Waals surface area (Å²) in [5.74, 6) is -0.0295. The fourth-order valence-corrected chi connectivity index (χ4v) is 0.984. The Balaban J connectivity index is 3.91. The number of nitrogens with one attached hydrogen (secondary N) is 1. The molecule has 0 radical (unpaired) electrons. The van der Waals surface area contributed by atoms with Gasteiger partial charge in [0.25, 0.3) is 0 Å². The number of likely N-dealkylation sites (N-methyl/N-ethyl adjacent to an activating group) is 2. The molecular weight excluding hydrogens is 156 g/mol. The third-order valence-electron chi connectivity index (χ3n) is 1.84. The quantitative estimate of drug-likeness (QED) is 0.600. The smallest absolute Gasteiger partial charge is 0.236 e. The van der Waals surface area contributed by atoms with E-state index in [-0.39, 0.29) is 11.9 Å². The lowest BCUT2D eigenvalue weighted by molar-refractivity contribution is -0.125. The fraction of sp³-hybridized carbons (Fsp3) is 0.875. The highest BCUT2D eigenvalue weighted by Crippen LogP contribution is 1.96. The maximum atomic E-state index is 11.1. The first kappa shape index (κ1) is 11.4. The molecule has 0 spiro atoms. The number of nitrogens with zero attached hydrogens (tertiary/aromatic N) is 1. The van der Waals surface area contributed by atoms with E-state index in [1.54, 1.807) is 20.9 Å². The van der Waals surface area contributed by atoms with Gasteiger partial charge in [-0.1, -0.05) is 0 Å². The van der Waals surface area contributed by atoms with Crippen molar-refractivity contribution in [2.24, 2.45) is 0 Å². The van der Waals surface area contributed by atoms with Gasteiger partial charge in [-0.25, -0.2) is 0 Å². The van der Waals surface area contributed by atoms with E-state index in [2.05, 4.69) is 5.32 Å². The van der Waals surface area contributed by atoms with E-state index < -0.39 is 6.10 Å². The van der Waals surface area contributed by atoms with Crippen LogP contribution in [-0.2, 0) is 4.79 Å². The summed E-state index contributed by atoms with van der Waals surface area (Å²) in [5, 5.41) is 11.6. The van der Waals surface area contributed by atoms with Gasteiger partial charge < -0.3 is 10.4 Å². The van der Waals surface area contributed by atoms with E-state index in [1.165, 1.54) is 0 Å². The van der Waals surface area contributed by atoms with Gasteiger partial charge in [-0.2, -0.15) is 0 Å². The number of hydrogen-bond donors (Lipinski definition) is 2. The summed E-state index contributed by atoms with van der Waals surface area (Å²) in [6.07, 6.45) is -0.401. The minimum absolute atomic E-state index is 0.0295. The minimum Gasteiger partial charge on any atom is -0.392 e. The van der Waals surface area contributed by atoms with Crippen LogP contribution in [0.1, 0.15) is 13.8 Å². The highest BCUT2D eigenvalue weighted by molar-refractivity contribution is 5.80. The van der Waals surface area contributed by atoms with Crippen molar-refractivity contribution in [1.29, 1.82) is 0 Å². The number of carbonyl (C=O) groups excluding carboxylic acids is 1. The number of amides is 1. The first-order valence-electron chi connectivity index (χ1n) is 4.09. The second-order valence-corrected chi connectivity index (χ2v) is 3.08. The number of carbonyl (C=O) groups is 1. The molecule has 2 N–H and O–H groups in total. The summed E-state index contributed by atoms with van der Waals surface area (Å²) in [6.45, 7) is 4.02. The molecule has 2 unspecified atom stereocenters. The number of rotatable bonds is 4. The molecule has 0 aliphatic rings. The summed E-state index contributed by atoms with van der Waals surface area (Å²) >= 11 is 0. The molecule has 0 fully saturated rings. The van der Waals surface area contributed by atoms with Crippen LogP contribution in [-0.4, -0.2) is 48.7 Å². The fourth-order valence-electron chi connectivity index (χ4n) is 0.984. The van der Waals surface area contributed by atoms with Gasteiger partial charge in [0, 0.05) is 13.6 Å². The van der Waals surface area contributed by atoms with Crippen molar-refractivity contribution < 1.29 is 9.90 Å². The molecule has 0 rings (SSSR count). The third kappa shape index (κ3) is 3.69. The Morgan fingerprint density at radius 3 is 2.42 bits per heavy atom. The Kier molecular flexibility index (Phi) is 4.85. The zero-order chi connectivity index (χ0) is 9.72. The normalized spacial score (nSPS) is 15.8. The topological polar surface area (TPSA) is 52.6 Å². The largest absolute Gasteiger partial charge is 0.392 e. The lowest BCUT2D eigenvalue weighted by Crippen LogP contribution is -2.44. The predicted molar refractivity (Wildman–Crippen MR) is 47.8 cm³/mol. The van der Waals surface area contributed by atoms with E-state index in [0.29, 0.717) is 6.54 Å². The molecular formula is C8H18N2O2. The molecule has 4 nitrogen and oxygen atoms in total. The van der Waals surface area contributed by atoms with Crippen LogP contribution >= 0.6 is 0 Å². The van der Waals surface area contributed by atoms with Gasteiger partial charge in [-0.15, -0.1) is 0 Å². The minimum atomic E-state index is -0.401. The van der Waals surface area contributed by atoms with E-state index in [9.17, 15) is 4.79 Å². The maximum absolute atomic E-state index is 11.1. The van der Waals surface area contributed by atoms with Gasteiger partial charge >= 0.3 is 0 Å². The molecule has 2 atom stereocenters. The zero-order valence-corrected chi connectivity index (χ0v) is 8.16. The van der Waals surface area contributed by atoms with Gasteiger partial charge in [0.15, 0.2) is 0 Å².